The molecule has 2 fully saturated rings. The lowest BCUT2D eigenvalue weighted by atomic mass is 9.95. The Kier molecular flexibility index (Phi) is 7.11. The van der Waals surface area contributed by atoms with Crippen LogP contribution in [-0.4, -0.2) is 49.7 Å². The Morgan fingerprint density at radius 1 is 1.47 bits per heavy atom. The number of amides is 1. The van der Waals surface area contributed by atoms with E-state index in [0.717, 1.165) is 38.9 Å². The van der Waals surface area contributed by atoms with Crippen molar-refractivity contribution in [3.8, 4) is 0 Å². The number of hydrogen-bond acceptors (Lipinski definition) is 3. The van der Waals surface area contributed by atoms with Gasteiger partial charge in [0.15, 0.2) is 0 Å². The molecule has 2 aliphatic rings. The highest BCUT2D eigenvalue weighted by Crippen LogP contribution is 2.21. The minimum atomic E-state index is 0. The Balaban J connectivity index is 0.00000180. The summed E-state index contributed by atoms with van der Waals surface area (Å²) in [5.41, 5.74) is 0. The van der Waals surface area contributed by atoms with Crippen LogP contribution in [0.25, 0.3) is 0 Å². The maximum absolute atomic E-state index is 12.6. The largest absolute Gasteiger partial charge is 0.377 e. The van der Waals surface area contributed by atoms with Crippen LogP contribution in [0.5, 0.6) is 0 Å². The molecule has 4 nitrogen and oxygen atoms in total. The first-order valence-corrected chi connectivity index (χ1v) is 7.27. The minimum Gasteiger partial charge on any atom is -0.377 e. The summed E-state index contributed by atoms with van der Waals surface area (Å²) in [6.45, 7) is 8.50. The number of nitrogens with one attached hydrogen (secondary N) is 1. The van der Waals surface area contributed by atoms with Gasteiger partial charge in [-0.05, 0) is 31.7 Å². The van der Waals surface area contributed by atoms with Gasteiger partial charge >= 0.3 is 0 Å². The van der Waals surface area contributed by atoms with Gasteiger partial charge in [-0.15, -0.1) is 12.4 Å². The summed E-state index contributed by atoms with van der Waals surface area (Å²) < 4.78 is 5.54. The number of carbonyl (C=O) groups excluding carboxylic acids is 1. The number of ether oxygens (including phenoxy) is 1. The van der Waals surface area contributed by atoms with Crippen LogP contribution < -0.4 is 5.32 Å². The first-order valence-electron chi connectivity index (χ1n) is 7.27. The van der Waals surface area contributed by atoms with Gasteiger partial charge in [-0.3, -0.25) is 4.79 Å². The average Bonchev–Trinajstić information content (AvgIpc) is 2.39. The van der Waals surface area contributed by atoms with E-state index in [2.05, 4.69) is 24.1 Å². The summed E-state index contributed by atoms with van der Waals surface area (Å²) in [5.74, 6) is 1.14. The number of halogens is 1. The lowest BCUT2D eigenvalue weighted by molar-refractivity contribution is -0.145. The predicted molar refractivity (Wildman–Crippen MR) is 78.6 cm³/mol. The Morgan fingerprint density at radius 2 is 2.26 bits per heavy atom. The van der Waals surface area contributed by atoms with Gasteiger partial charge in [0.1, 0.15) is 0 Å². The number of rotatable bonds is 3. The highest BCUT2D eigenvalue weighted by atomic mass is 35.5. The molecule has 112 valence electrons. The topological polar surface area (TPSA) is 41.6 Å². The zero-order chi connectivity index (χ0) is 13.0. The Hall–Kier alpha value is -0.320. The number of piperidine rings is 1. The average molecular weight is 291 g/mol. The third-order valence-corrected chi connectivity index (χ3v) is 3.90. The van der Waals surface area contributed by atoms with Crippen molar-refractivity contribution < 1.29 is 9.53 Å². The second-order valence-corrected chi connectivity index (χ2v) is 5.93. The standard InChI is InChI=1S/C14H26N2O2.ClH/c1-11(2)8-13-10-18-7-6-16(13)14(17)12-4-3-5-15-9-12;/h11-13,15H,3-10H2,1-2H3;1H. The maximum atomic E-state index is 12.6. The van der Waals surface area contributed by atoms with Gasteiger partial charge in [-0.2, -0.15) is 0 Å². The van der Waals surface area contributed by atoms with Gasteiger partial charge in [-0.1, -0.05) is 13.8 Å². The monoisotopic (exact) mass is 290 g/mol. The molecule has 2 aliphatic heterocycles. The highest BCUT2D eigenvalue weighted by Gasteiger charge is 2.32. The van der Waals surface area contributed by atoms with E-state index in [1.54, 1.807) is 0 Å². The van der Waals surface area contributed by atoms with E-state index in [1.807, 2.05) is 0 Å². The van der Waals surface area contributed by atoms with E-state index in [4.69, 9.17) is 4.74 Å². The van der Waals surface area contributed by atoms with Crippen LogP contribution in [0.1, 0.15) is 33.1 Å². The molecule has 2 heterocycles. The summed E-state index contributed by atoms with van der Waals surface area (Å²) >= 11 is 0. The molecule has 0 aromatic rings. The van der Waals surface area contributed by atoms with E-state index in [-0.39, 0.29) is 24.4 Å². The Morgan fingerprint density at radius 3 is 2.89 bits per heavy atom. The minimum absolute atomic E-state index is 0. The number of carbonyl (C=O) groups is 1. The van der Waals surface area contributed by atoms with Gasteiger partial charge in [-0.25, -0.2) is 0 Å². The molecule has 0 aromatic heterocycles. The molecule has 0 aromatic carbocycles. The summed E-state index contributed by atoms with van der Waals surface area (Å²) in [5, 5.41) is 3.33. The molecule has 2 atom stereocenters. The van der Waals surface area contributed by atoms with Crippen molar-refractivity contribution in [2.75, 3.05) is 32.8 Å². The summed E-state index contributed by atoms with van der Waals surface area (Å²) in [4.78, 5) is 14.7. The van der Waals surface area contributed by atoms with E-state index < -0.39 is 0 Å². The maximum Gasteiger partial charge on any atom is 0.227 e. The number of morpholine rings is 1. The van der Waals surface area contributed by atoms with Crippen LogP contribution in [0, 0.1) is 11.8 Å². The number of hydrogen-bond donors (Lipinski definition) is 1. The lowest BCUT2D eigenvalue weighted by Crippen LogP contribution is -2.53. The highest BCUT2D eigenvalue weighted by molar-refractivity contribution is 5.85. The summed E-state index contributed by atoms with van der Waals surface area (Å²) in [7, 11) is 0. The molecular formula is C14H27ClN2O2. The fourth-order valence-electron chi connectivity index (χ4n) is 2.98. The molecule has 1 amide bonds. The lowest BCUT2D eigenvalue weighted by Gasteiger charge is -2.39. The quantitative estimate of drug-likeness (QED) is 0.860. The molecule has 0 aliphatic carbocycles. The van der Waals surface area contributed by atoms with Gasteiger partial charge < -0.3 is 15.0 Å². The van der Waals surface area contributed by atoms with Crippen molar-refractivity contribution in [3.05, 3.63) is 0 Å². The molecule has 1 N–H and O–H groups in total. The fourth-order valence-corrected chi connectivity index (χ4v) is 2.98. The molecule has 19 heavy (non-hydrogen) atoms. The van der Waals surface area contributed by atoms with Crippen LogP contribution in [0.2, 0.25) is 0 Å². The SMILES string of the molecule is CC(C)CC1COCCN1C(=O)C1CCCNC1.Cl. The third kappa shape index (κ3) is 4.62. The third-order valence-electron chi connectivity index (χ3n) is 3.90. The van der Waals surface area contributed by atoms with Crippen LogP contribution in [-0.2, 0) is 9.53 Å². The van der Waals surface area contributed by atoms with Crippen molar-refractivity contribution in [2.45, 2.75) is 39.2 Å². The molecule has 5 heteroatoms. The van der Waals surface area contributed by atoms with Crippen LogP contribution in [0.3, 0.4) is 0 Å². The summed E-state index contributed by atoms with van der Waals surface area (Å²) in [6.07, 6.45) is 3.21. The Bertz CT molecular complexity index is 281. The molecular weight excluding hydrogens is 264 g/mol. The normalized spacial score (nSPS) is 28.1. The zero-order valence-electron chi connectivity index (χ0n) is 12.1. The second kappa shape index (κ2) is 8.08. The Labute approximate surface area is 122 Å². The van der Waals surface area contributed by atoms with Crippen molar-refractivity contribution in [2.24, 2.45) is 11.8 Å². The molecule has 2 unspecified atom stereocenters. The zero-order valence-corrected chi connectivity index (χ0v) is 12.9. The molecule has 2 rings (SSSR count). The molecule has 0 bridgehead atoms. The van der Waals surface area contributed by atoms with Crippen LogP contribution >= 0.6 is 12.4 Å². The van der Waals surface area contributed by atoms with Gasteiger partial charge in [0.25, 0.3) is 0 Å². The fraction of sp³-hybridized carbons (Fsp3) is 0.929. The van der Waals surface area contributed by atoms with E-state index in [9.17, 15) is 4.79 Å². The van der Waals surface area contributed by atoms with Gasteiger partial charge in [0, 0.05) is 13.1 Å². The van der Waals surface area contributed by atoms with E-state index in [1.165, 1.54) is 0 Å². The smallest absolute Gasteiger partial charge is 0.227 e. The van der Waals surface area contributed by atoms with Crippen molar-refractivity contribution in [1.82, 2.24) is 10.2 Å². The first-order chi connectivity index (χ1) is 8.68. The molecule has 2 saturated heterocycles. The number of nitrogens with zero attached hydrogens (tertiary/aromatic N) is 1. The first kappa shape index (κ1) is 16.7. The summed E-state index contributed by atoms with van der Waals surface area (Å²) in [6, 6.07) is 0.285. The molecule has 0 radical (unpaired) electrons. The van der Waals surface area contributed by atoms with Crippen LogP contribution in [0.4, 0.5) is 0 Å². The van der Waals surface area contributed by atoms with E-state index >= 15 is 0 Å². The van der Waals surface area contributed by atoms with Crippen molar-refractivity contribution in [3.63, 3.8) is 0 Å². The molecule has 0 spiro atoms. The van der Waals surface area contributed by atoms with Gasteiger partial charge in [0.05, 0.1) is 25.2 Å². The van der Waals surface area contributed by atoms with Crippen molar-refractivity contribution >= 4 is 18.3 Å². The van der Waals surface area contributed by atoms with E-state index in [0.29, 0.717) is 25.0 Å². The second-order valence-electron chi connectivity index (χ2n) is 5.93. The van der Waals surface area contributed by atoms with Crippen molar-refractivity contribution in [1.29, 1.82) is 0 Å². The predicted octanol–water partition coefficient (Wildman–Crippen LogP) is 1.68. The molecule has 0 saturated carbocycles. The van der Waals surface area contributed by atoms with Gasteiger partial charge in [0.2, 0.25) is 5.91 Å². The van der Waals surface area contributed by atoms with Crippen LogP contribution in [0.15, 0.2) is 0 Å².